The summed E-state index contributed by atoms with van der Waals surface area (Å²) in [5, 5.41) is 9.39. The summed E-state index contributed by atoms with van der Waals surface area (Å²) in [5.74, 6) is 1.47. The number of methoxy groups -OCH3 is 1. The molecule has 0 heterocycles. The second kappa shape index (κ2) is 16.3. The zero-order valence-electron chi connectivity index (χ0n) is 19.1. The molecular weight excluding hydrogens is 519 g/mol. The number of guanidine groups is 1. The van der Waals surface area contributed by atoms with Crippen LogP contribution < -0.4 is 20.7 Å². The molecule has 0 unspecified atom stereocenters. The summed E-state index contributed by atoms with van der Waals surface area (Å²) < 4.78 is 11.0. The number of aliphatic imine (C=N–C) groups is 1. The highest BCUT2D eigenvalue weighted by Gasteiger charge is 2.06. The van der Waals surface area contributed by atoms with Crippen LogP contribution in [0.5, 0.6) is 5.75 Å². The number of benzene rings is 2. The highest BCUT2D eigenvalue weighted by atomic mass is 127. The first-order valence-electron chi connectivity index (χ1n) is 10.7. The number of nitrogens with one attached hydrogen (secondary N) is 3. The van der Waals surface area contributed by atoms with Crippen molar-refractivity contribution in [2.75, 3.05) is 40.0 Å². The SMILES string of the molecule is CCNC(=NCc1ccc(C)cc1OCCCOC)NCCNC(=O)c1ccccc1.I. The van der Waals surface area contributed by atoms with E-state index in [0.29, 0.717) is 44.4 Å². The number of rotatable bonds is 12. The molecule has 0 radical (unpaired) electrons. The summed E-state index contributed by atoms with van der Waals surface area (Å²) in [4.78, 5) is 16.8. The van der Waals surface area contributed by atoms with Crippen molar-refractivity contribution in [1.29, 1.82) is 0 Å². The summed E-state index contributed by atoms with van der Waals surface area (Å²) >= 11 is 0. The predicted octanol–water partition coefficient (Wildman–Crippen LogP) is 3.51. The lowest BCUT2D eigenvalue weighted by Gasteiger charge is -2.14. The van der Waals surface area contributed by atoms with Gasteiger partial charge in [-0.25, -0.2) is 4.99 Å². The molecule has 0 aliphatic heterocycles. The van der Waals surface area contributed by atoms with Crippen LogP contribution in [0.4, 0.5) is 0 Å². The van der Waals surface area contributed by atoms with Crippen molar-refractivity contribution in [1.82, 2.24) is 16.0 Å². The lowest BCUT2D eigenvalue weighted by molar-refractivity contribution is 0.0954. The predicted molar refractivity (Wildman–Crippen MR) is 140 cm³/mol. The third-order valence-electron chi connectivity index (χ3n) is 4.46. The van der Waals surface area contributed by atoms with Gasteiger partial charge >= 0.3 is 0 Å². The Morgan fingerprint density at radius 1 is 1.00 bits per heavy atom. The van der Waals surface area contributed by atoms with Gasteiger partial charge in [0.15, 0.2) is 5.96 Å². The van der Waals surface area contributed by atoms with E-state index in [1.807, 2.05) is 44.2 Å². The Kier molecular flexibility index (Phi) is 14.1. The van der Waals surface area contributed by atoms with E-state index in [-0.39, 0.29) is 29.9 Å². The summed E-state index contributed by atoms with van der Waals surface area (Å²) in [6.45, 7) is 7.65. The molecular formula is C24H35IN4O3. The Hall–Kier alpha value is -2.33. The Balaban J connectivity index is 0.00000512. The van der Waals surface area contributed by atoms with Gasteiger partial charge in [-0.05, 0) is 37.6 Å². The van der Waals surface area contributed by atoms with E-state index in [1.54, 1.807) is 19.2 Å². The molecule has 32 heavy (non-hydrogen) atoms. The van der Waals surface area contributed by atoms with Gasteiger partial charge < -0.3 is 25.4 Å². The van der Waals surface area contributed by atoms with Crippen molar-refractivity contribution in [3.05, 3.63) is 65.2 Å². The van der Waals surface area contributed by atoms with Crippen molar-refractivity contribution in [3.8, 4) is 5.75 Å². The molecule has 0 aliphatic carbocycles. The summed E-state index contributed by atoms with van der Waals surface area (Å²) in [6.07, 6.45) is 0.839. The van der Waals surface area contributed by atoms with Gasteiger partial charge in [-0.3, -0.25) is 4.79 Å². The molecule has 0 atom stereocenters. The van der Waals surface area contributed by atoms with Crippen molar-refractivity contribution >= 4 is 35.8 Å². The Morgan fingerprint density at radius 3 is 2.47 bits per heavy atom. The van der Waals surface area contributed by atoms with Gasteiger partial charge in [0.2, 0.25) is 0 Å². The van der Waals surface area contributed by atoms with Gasteiger partial charge in [0, 0.05) is 50.9 Å². The van der Waals surface area contributed by atoms with Crippen LogP contribution in [0.15, 0.2) is 53.5 Å². The molecule has 0 saturated heterocycles. The summed E-state index contributed by atoms with van der Waals surface area (Å²) in [5.41, 5.74) is 2.83. The average molecular weight is 554 g/mol. The van der Waals surface area contributed by atoms with Crippen molar-refractivity contribution in [3.63, 3.8) is 0 Å². The molecule has 0 fully saturated rings. The highest BCUT2D eigenvalue weighted by molar-refractivity contribution is 14.0. The molecule has 1 amide bonds. The van der Waals surface area contributed by atoms with E-state index >= 15 is 0 Å². The third kappa shape index (κ3) is 10.3. The fourth-order valence-electron chi connectivity index (χ4n) is 2.87. The second-order valence-corrected chi connectivity index (χ2v) is 7.05. The van der Waals surface area contributed by atoms with Crippen molar-refractivity contribution < 1.29 is 14.3 Å². The lowest BCUT2D eigenvalue weighted by Crippen LogP contribution is -2.41. The number of ether oxygens (including phenoxy) is 2. The molecule has 2 aromatic rings. The third-order valence-corrected chi connectivity index (χ3v) is 4.46. The molecule has 0 aliphatic rings. The summed E-state index contributed by atoms with van der Waals surface area (Å²) in [7, 11) is 1.69. The Morgan fingerprint density at radius 2 is 1.75 bits per heavy atom. The van der Waals surface area contributed by atoms with Crippen LogP contribution in [0.2, 0.25) is 0 Å². The molecule has 7 nitrogen and oxygen atoms in total. The molecule has 3 N–H and O–H groups in total. The minimum absolute atomic E-state index is 0. The van der Waals surface area contributed by atoms with Crippen LogP contribution in [-0.4, -0.2) is 51.8 Å². The minimum atomic E-state index is -0.0840. The first-order valence-corrected chi connectivity index (χ1v) is 10.7. The largest absolute Gasteiger partial charge is 0.493 e. The van der Waals surface area contributed by atoms with Crippen LogP contribution >= 0.6 is 24.0 Å². The molecule has 0 saturated carbocycles. The smallest absolute Gasteiger partial charge is 0.251 e. The molecule has 0 bridgehead atoms. The number of halogens is 1. The maximum Gasteiger partial charge on any atom is 0.251 e. The van der Waals surface area contributed by atoms with Crippen LogP contribution in [0, 0.1) is 6.92 Å². The van der Waals surface area contributed by atoms with Gasteiger partial charge in [-0.15, -0.1) is 24.0 Å². The standard InChI is InChI=1S/C24H34N4O3.HI/c1-4-25-24(27-14-13-26-23(29)20-9-6-5-7-10-20)28-18-21-12-11-19(2)17-22(21)31-16-8-15-30-3;/h5-7,9-12,17H,4,8,13-16,18H2,1-3H3,(H,26,29)(H2,25,27,28);1H. The van der Waals surface area contributed by atoms with E-state index < -0.39 is 0 Å². The fraction of sp³-hybridized carbons (Fsp3) is 0.417. The number of carbonyl (C=O) groups is 1. The normalized spacial score (nSPS) is 10.8. The van der Waals surface area contributed by atoms with Gasteiger partial charge in [-0.1, -0.05) is 30.3 Å². The van der Waals surface area contributed by atoms with E-state index in [2.05, 4.69) is 27.0 Å². The molecule has 2 rings (SSSR count). The van der Waals surface area contributed by atoms with Crippen LogP contribution in [0.1, 0.15) is 34.8 Å². The first-order chi connectivity index (χ1) is 15.1. The van der Waals surface area contributed by atoms with E-state index in [4.69, 9.17) is 9.47 Å². The van der Waals surface area contributed by atoms with Crippen LogP contribution in [-0.2, 0) is 11.3 Å². The molecule has 2 aromatic carbocycles. The zero-order valence-corrected chi connectivity index (χ0v) is 21.5. The van der Waals surface area contributed by atoms with Gasteiger partial charge in [0.25, 0.3) is 5.91 Å². The monoisotopic (exact) mass is 554 g/mol. The van der Waals surface area contributed by atoms with Crippen molar-refractivity contribution in [2.24, 2.45) is 4.99 Å². The average Bonchev–Trinajstić information content (AvgIpc) is 2.79. The maximum absolute atomic E-state index is 12.1. The number of nitrogens with zero attached hydrogens (tertiary/aromatic N) is 1. The second-order valence-electron chi connectivity index (χ2n) is 7.05. The number of amides is 1. The quantitative estimate of drug-likeness (QED) is 0.162. The molecule has 176 valence electrons. The fourth-order valence-corrected chi connectivity index (χ4v) is 2.87. The lowest BCUT2D eigenvalue weighted by atomic mass is 10.1. The number of hydrogen-bond donors (Lipinski definition) is 3. The number of carbonyl (C=O) groups excluding carboxylic acids is 1. The zero-order chi connectivity index (χ0) is 22.3. The highest BCUT2D eigenvalue weighted by Crippen LogP contribution is 2.21. The van der Waals surface area contributed by atoms with Gasteiger partial charge in [0.1, 0.15) is 5.75 Å². The minimum Gasteiger partial charge on any atom is -0.493 e. The van der Waals surface area contributed by atoms with Crippen LogP contribution in [0.3, 0.4) is 0 Å². The van der Waals surface area contributed by atoms with E-state index in [0.717, 1.165) is 29.8 Å². The van der Waals surface area contributed by atoms with E-state index in [9.17, 15) is 4.79 Å². The Labute approximate surface area is 208 Å². The van der Waals surface area contributed by atoms with Crippen molar-refractivity contribution in [2.45, 2.75) is 26.8 Å². The first kappa shape index (κ1) is 27.7. The number of aryl methyl sites for hydroxylation is 1. The van der Waals surface area contributed by atoms with Gasteiger partial charge in [-0.2, -0.15) is 0 Å². The Bertz CT molecular complexity index is 831. The molecule has 0 spiro atoms. The maximum atomic E-state index is 12.1. The van der Waals surface area contributed by atoms with Crippen LogP contribution in [0.25, 0.3) is 0 Å². The topological polar surface area (TPSA) is 84.0 Å². The molecule has 0 aromatic heterocycles. The number of hydrogen-bond acceptors (Lipinski definition) is 4. The molecule has 8 heteroatoms. The van der Waals surface area contributed by atoms with Gasteiger partial charge in [0.05, 0.1) is 13.2 Å². The van der Waals surface area contributed by atoms with E-state index in [1.165, 1.54) is 0 Å². The summed E-state index contributed by atoms with van der Waals surface area (Å²) in [6, 6.07) is 15.3.